The zero-order chi connectivity index (χ0) is 21.1. The maximum atomic E-state index is 12.8. The van der Waals surface area contributed by atoms with Crippen LogP contribution in [0.25, 0.3) is 11.1 Å². The smallest absolute Gasteiger partial charge is 0.424 e. The summed E-state index contributed by atoms with van der Waals surface area (Å²) >= 11 is 0. The lowest BCUT2D eigenvalue weighted by Gasteiger charge is -2.28. The van der Waals surface area contributed by atoms with Gasteiger partial charge < -0.3 is 9.47 Å². The second-order valence-electron chi connectivity index (χ2n) is 8.61. The first kappa shape index (κ1) is 21.4. The Hall–Kier alpha value is -2.89. The third-order valence-corrected chi connectivity index (χ3v) is 3.50. The molecular formula is C22H29N2O4+. The fourth-order valence-corrected chi connectivity index (χ4v) is 2.51. The normalized spacial score (nSPS) is 11.7. The molecule has 0 radical (unpaired) electrons. The summed E-state index contributed by atoms with van der Waals surface area (Å²) in [6, 6.07) is 11.5. The van der Waals surface area contributed by atoms with Crippen LogP contribution < -0.4 is 9.47 Å². The summed E-state index contributed by atoms with van der Waals surface area (Å²) in [6.07, 6.45) is 2.03. The number of nitrogens with zero attached hydrogens (tertiary/aromatic N) is 2. The van der Waals surface area contributed by atoms with E-state index in [9.17, 15) is 9.59 Å². The van der Waals surface area contributed by atoms with Gasteiger partial charge in [0.15, 0.2) is 12.4 Å². The van der Waals surface area contributed by atoms with Gasteiger partial charge in [0.25, 0.3) is 0 Å². The second kappa shape index (κ2) is 8.00. The lowest BCUT2D eigenvalue weighted by Crippen LogP contribution is -2.45. The number of carbonyl (C=O) groups is 2. The standard InChI is InChI=1S/C22H29N2O4/c1-21(2,3)27-19(25)24(20(26)28-22(4,5)6)18-13-17(14-23(7)15-18)16-11-9-8-10-12-16/h8-15H,1-7H3/q+1. The maximum absolute atomic E-state index is 12.8. The topological polar surface area (TPSA) is 59.7 Å². The van der Waals surface area contributed by atoms with Gasteiger partial charge >= 0.3 is 12.2 Å². The number of aromatic nitrogens is 1. The minimum absolute atomic E-state index is 0.368. The predicted molar refractivity (Wildman–Crippen MR) is 108 cm³/mol. The first-order valence-corrected chi connectivity index (χ1v) is 9.17. The van der Waals surface area contributed by atoms with Crippen LogP contribution in [0.3, 0.4) is 0 Å². The molecule has 0 aliphatic carbocycles. The van der Waals surface area contributed by atoms with Gasteiger partial charge in [-0.2, -0.15) is 4.90 Å². The minimum atomic E-state index is -0.785. The van der Waals surface area contributed by atoms with Crippen LogP contribution in [0, 0.1) is 0 Å². The van der Waals surface area contributed by atoms with Crippen LogP contribution in [0.2, 0.25) is 0 Å². The highest BCUT2D eigenvalue weighted by molar-refractivity contribution is 6.09. The Bertz CT molecular complexity index is 821. The van der Waals surface area contributed by atoms with Crippen molar-refractivity contribution in [1.29, 1.82) is 0 Å². The largest absolute Gasteiger partial charge is 0.443 e. The molecule has 0 bridgehead atoms. The molecule has 0 N–H and O–H groups in total. The summed E-state index contributed by atoms with van der Waals surface area (Å²) in [7, 11) is 1.83. The van der Waals surface area contributed by atoms with E-state index < -0.39 is 23.4 Å². The molecule has 0 aliphatic rings. The van der Waals surface area contributed by atoms with Crippen molar-refractivity contribution in [1.82, 2.24) is 0 Å². The third kappa shape index (κ3) is 6.08. The van der Waals surface area contributed by atoms with Gasteiger partial charge in [-0.25, -0.2) is 14.2 Å². The molecule has 2 aromatic rings. The highest BCUT2D eigenvalue weighted by Gasteiger charge is 2.34. The Labute approximate surface area is 166 Å². The summed E-state index contributed by atoms with van der Waals surface area (Å²) < 4.78 is 12.7. The SMILES string of the molecule is C[n+]1cc(-c2ccccc2)cc(N(C(=O)OC(C)(C)C)C(=O)OC(C)(C)C)c1. The molecule has 0 saturated carbocycles. The lowest BCUT2D eigenvalue weighted by molar-refractivity contribution is -0.670. The highest BCUT2D eigenvalue weighted by Crippen LogP contribution is 2.25. The predicted octanol–water partition coefficient (Wildman–Crippen LogP) is 4.85. The van der Waals surface area contributed by atoms with Crippen molar-refractivity contribution >= 4 is 17.9 Å². The van der Waals surface area contributed by atoms with Gasteiger partial charge in [-0.15, -0.1) is 0 Å². The van der Waals surface area contributed by atoms with Crippen LogP contribution in [-0.4, -0.2) is 23.4 Å². The zero-order valence-corrected chi connectivity index (χ0v) is 17.6. The average Bonchev–Trinajstić information content (AvgIpc) is 2.51. The number of rotatable bonds is 2. The minimum Gasteiger partial charge on any atom is -0.443 e. The second-order valence-corrected chi connectivity index (χ2v) is 8.61. The van der Waals surface area contributed by atoms with Crippen LogP contribution in [0.1, 0.15) is 41.5 Å². The number of imide groups is 1. The molecule has 0 saturated heterocycles. The molecule has 28 heavy (non-hydrogen) atoms. The molecule has 0 fully saturated rings. The Kier molecular flexibility index (Phi) is 6.12. The van der Waals surface area contributed by atoms with Crippen LogP contribution in [0.4, 0.5) is 15.3 Å². The Morgan fingerprint density at radius 3 is 1.79 bits per heavy atom. The molecule has 0 spiro atoms. The third-order valence-electron chi connectivity index (χ3n) is 3.50. The number of amides is 2. The summed E-state index contributed by atoms with van der Waals surface area (Å²) in [5.41, 5.74) is 0.686. The van der Waals surface area contributed by atoms with Gasteiger partial charge in [0.1, 0.15) is 23.9 Å². The number of pyridine rings is 1. The highest BCUT2D eigenvalue weighted by atomic mass is 16.6. The molecule has 1 heterocycles. The molecule has 0 atom stereocenters. The summed E-state index contributed by atoms with van der Waals surface area (Å²) in [5.74, 6) is 0. The number of ether oxygens (including phenoxy) is 2. The Morgan fingerprint density at radius 2 is 1.32 bits per heavy atom. The van der Waals surface area contributed by atoms with E-state index in [0.29, 0.717) is 5.69 Å². The van der Waals surface area contributed by atoms with E-state index in [0.717, 1.165) is 16.0 Å². The number of aryl methyl sites for hydroxylation is 1. The van der Waals surface area contributed by atoms with Crippen LogP contribution in [0.5, 0.6) is 0 Å². The van der Waals surface area contributed by atoms with E-state index in [1.165, 1.54) is 0 Å². The van der Waals surface area contributed by atoms with Crippen molar-refractivity contribution in [3.63, 3.8) is 0 Å². The molecule has 6 heteroatoms. The van der Waals surface area contributed by atoms with E-state index in [1.54, 1.807) is 58.4 Å². The lowest BCUT2D eigenvalue weighted by atomic mass is 10.1. The fraction of sp³-hybridized carbons (Fsp3) is 0.409. The van der Waals surface area contributed by atoms with Gasteiger partial charge in [-0.1, -0.05) is 30.3 Å². The van der Waals surface area contributed by atoms with Crippen molar-refractivity contribution in [3.8, 4) is 11.1 Å². The van der Waals surface area contributed by atoms with E-state index in [-0.39, 0.29) is 0 Å². The summed E-state index contributed by atoms with van der Waals surface area (Å²) in [4.78, 5) is 26.6. The van der Waals surface area contributed by atoms with E-state index in [4.69, 9.17) is 9.47 Å². The van der Waals surface area contributed by atoms with Crippen molar-refractivity contribution in [3.05, 3.63) is 48.8 Å². The summed E-state index contributed by atoms with van der Waals surface area (Å²) in [5, 5.41) is 0. The van der Waals surface area contributed by atoms with Gasteiger partial charge in [-0.05, 0) is 53.2 Å². The van der Waals surface area contributed by atoms with E-state index >= 15 is 0 Å². The fourth-order valence-electron chi connectivity index (χ4n) is 2.51. The molecule has 0 aliphatic heterocycles. The first-order valence-electron chi connectivity index (χ1n) is 9.17. The van der Waals surface area contributed by atoms with Crippen LogP contribution in [0.15, 0.2) is 48.8 Å². The first-order chi connectivity index (χ1) is 12.9. The monoisotopic (exact) mass is 385 g/mol. The molecule has 0 unspecified atom stereocenters. The van der Waals surface area contributed by atoms with Gasteiger partial charge in [0.05, 0.1) is 0 Å². The van der Waals surface area contributed by atoms with Gasteiger partial charge in [-0.3, -0.25) is 0 Å². The number of hydrogen-bond donors (Lipinski definition) is 0. The van der Waals surface area contributed by atoms with Crippen molar-refractivity contribution in [2.24, 2.45) is 7.05 Å². The zero-order valence-electron chi connectivity index (χ0n) is 17.6. The number of benzene rings is 1. The molecule has 1 aromatic carbocycles. The molecular weight excluding hydrogens is 356 g/mol. The van der Waals surface area contributed by atoms with Crippen LogP contribution in [-0.2, 0) is 16.5 Å². The van der Waals surface area contributed by atoms with Crippen molar-refractivity contribution in [2.75, 3.05) is 4.90 Å². The molecule has 6 nitrogen and oxygen atoms in total. The van der Waals surface area contributed by atoms with Gasteiger partial charge in [0.2, 0.25) is 0 Å². The maximum Gasteiger partial charge on any atom is 0.424 e. The van der Waals surface area contributed by atoms with E-state index in [2.05, 4.69) is 0 Å². The molecule has 2 amide bonds. The van der Waals surface area contributed by atoms with E-state index in [1.807, 2.05) is 43.6 Å². The van der Waals surface area contributed by atoms with Crippen molar-refractivity contribution < 1.29 is 23.6 Å². The number of hydrogen-bond acceptors (Lipinski definition) is 4. The number of carbonyl (C=O) groups excluding carboxylic acids is 2. The Morgan fingerprint density at radius 1 is 0.821 bits per heavy atom. The molecule has 1 aromatic heterocycles. The molecule has 2 rings (SSSR count). The average molecular weight is 385 g/mol. The van der Waals surface area contributed by atoms with Crippen LogP contribution >= 0.6 is 0 Å². The molecule has 150 valence electrons. The van der Waals surface area contributed by atoms with Crippen molar-refractivity contribution in [2.45, 2.75) is 52.7 Å². The number of anilines is 1. The van der Waals surface area contributed by atoms with Gasteiger partial charge in [0, 0.05) is 5.56 Å². The summed E-state index contributed by atoms with van der Waals surface area (Å²) in [6.45, 7) is 10.5. The Balaban J connectivity index is 2.52. The quantitative estimate of drug-likeness (QED) is 0.693.